The number of carbonyl (C=O) groups is 1. The van der Waals surface area contributed by atoms with E-state index < -0.39 is 24.0 Å². The quantitative estimate of drug-likeness (QED) is 0.206. The van der Waals surface area contributed by atoms with Crippen LogP contribution in [0, 0.1) is 0 Å². The van der Waals surface area contributed by atoms with Gasteiger partial charge in [0.2, 0.25) is 0 Å². The Hall–Kier alpha value is -5.29. The predicted octanol–water partition coefficient (Wildman–Crippen LogP) is 9.45. The average molecular weight is 575 g/mol. The molecule has 0 spiro atoms. The fraction of sp³-hybridized carbons (Fsp3) is 0.0750. The van der Waals surface area contributed by atoms with Gasteiger partial charge in [-0.05, 0) is 45.0 Å². The van der Waals surface area contributed by atoms with Crippen LogP contribution >= 0.6 is 0 Å². The molecule has 44 heavy (non-hydrogen) atoms. The number of hydrogen-bond donors (Lipinski definition) is 1. The Morgan fingerprint density at radius 1 is 0.523 bits per heavy atom. The van der Waals surface area contributed by atoms with Gasteiger partial charge in [-0.1, -0.05) is 158 Å². The molecule has 1 aliphatic heterocycles. The lowest BCUT2D eigenvalue weighted by Gasteiger charge is -2.34. The molecule has 7 rings (SSSR count). The van der Waals surface area contributed by atoms with Crippen molar-refractivity contribution in [1.29, 1.82) is 0 Å². The second kappa shape index (κ2) is 11.8. The zero-order valence-electron chi connectivity index (χ0n) is 23.9. The maximum absolute atomic E-state index is 12.3. The van der Waals surface area contributed by atoms with E-state index in [4.69, 9.17) is 9.47 Å². The van der Waals surface area contributed by atoms with Crippen molar-refractivity contribution >= 4 is 5.97 Å². The van der Waals surface area contributed by atoms with Crippen molar-refractivity contribution < 1.29 is 19.4 Å². The third-order valence-corrected chi connectivity index (χ3v) is 8.31. The minimum Gasteiger partial charge on any atom is -0.478 e. The number of ether oxygens (including phenoxy) is 2. The van der Waals surface area contributed by atoms with Gasteiger partial charge in [0, 0.05) is 5.56 Å². The van der Waals surface area contributed by atoms with Crippen LogP contribution in [0.5, 0.6) is 0 Å². The summed E-state index contributed by atoms with van der Waals surface area (Å²) in [6.45, 7) is 0. The maximum atomic E-state index is 12.3. The molecule has 1 unspecified atom stereocenters. The summed E-state index contributed by atoms with van der Waals surface area (Å²) in [5, 5.41) is 10.0. The van der Waals surface area contributed by atoms with Crippen LogP contribution in [0.1, 0.15) is 45.0 Å². The first-order valence-electron chi connectivity index (χ1n) is 14.7. The van der Waals surface area contributed by atoms with Gasteiger partial charge in [-0.15, -0.1) is 0 Å². The van der Waals surface area contributed by atoms with E-state index in [0.29, 0.717) is 5.56 Å². The minimum atomic E-state index is -1.08. The summed E-state index contributed by atoms with van der Waals surface area (Å²) >= 11 is 0. The summed E-state index contributed by atoms with van der Waals surface area (Å²) in [4.78, 5) is 12.3. The van der Waals surface area contributed by atoms with Crippen LogP contribution in [0.4, 0.5) is 0 Å². The Balaban J connectivity index is 1.42. The molecular weight excluding hydrogens is 544 g/mol. The van der Waals surface area contributed by atoms with Gasteiger partial charge in [-0.3, -0.25) is 0 Å². The molecule has 1 heterocycles. The molecule has 0 aliphatic carbocycles. The van der Waals surface area contributed by atoms with Crippen molar-refractivity contribution in [3.05, 3.63) is 192 Å². The number of carboxylic acid groups (broad SMARTS) is 1. The number of rotatable bonds is 7. The summed E-state index contributed by atoms with van der Waals surface area (Å²) in [5.74, 6) is -1.03. The molecule has 1 aliphatic rings. The Labute approximate surface area is 256 Å². The first-order valence-corrected chi connectivity index (χ1v) is 14.7. The van der Waals surface area contributed by atoms with Crippen molar-refractivity contribution in [1.82, 2.24) is 0 Å². The highest BCUT2D eigenvalue weighted by Gasteiger charge is 2.54. The zero-order chi connectivity index (χ0) is 29.9. The first kappa shape index (κ1) is 27.5. The maximum Gasteiger partial charge on any atom is 0.336 e. The standard InChI is InChI=1S/C40H30O4/c41-38(42)35-18-10-11-19-36(35)39-43-37(32-16-8-3-9-17-32)40(44-39,33-24-20-30(21-25-33)28-12-4-1-5-13-28)34-26-22-31(23-27-34)29-14-6-2-7-15-29/h1-27,37,39H,(H,41,42)/t37-,39?/m0/s1. The third-order valence-electron chi connectivity index (χ3n) is 8.31. The van der Waals surface area contributed by atoms with Crippen LogP contribution in [0.3, 0.4) is 0 Å². The van der Waals surface area contributed by atoms with E-state index in [1.807, 2.05) is 72.8 Å². The highest BCUT2D eigenvalue weighted by molar-refractivity contribution is 5.89. The minimum absolute atomic E-state index is 0.152. The van der Waals surface area contributed by atoms with Crippen LogP contribution in [0.25, 0.3) is 22.3 Å². The predicted molar refractivity (Wildman–Crippen MR) is 172 cm³/mol. The van der Waals surface area contributed by atoms with E-state index >= 15 is 0 Å². The van der Waals surface area contributed by atoms with Gasteiger partial charge in [0.25, 0.3) is 0 Å². The first-order chi connectivity index (χ1) is 21.6. The Morgan fingerprint density at radius 3 is 1.45 bits per heavy atom. The highest BCUT2D eigenvalue weighted by Crippen LogP contribution is 2.56. The molecule has 1 fully saturated rings. The molecule has 0 saturated carbocycles. The Bertz CT molecular complexity index is 1780. The van der Waals surface area contributed by atoms with Crippen molar-refractivity contribution in [3.63, 3.8) is 0 Å². The van der Waals surface area contributed by atoms with Crippen LogP contribution in [-0.2, 0) is 15.1 Å². The Kier molecular flexibility index (Phi) is 7.37. The summed E-state index contributed by atoms with van der Waals surface area (Å²) in [6, 6.07) is 54.2. The lowest BCUT2D eigenvalue weighted by atomic mass is 9.78. The van der Waals surface area contributed by atoms with Crippen molar-refractivity contribution in [2.75, 3.05) is 0 Å². The van der Waals surface area contributed by atoms with E-state index in [2.05, 4.69) is 72.8 Å². The van der Waals surface area contributed by atoms with Crippen LogP contribution < -0.4 is 0 Å². The second-order valence-electron chi connectivity index (χ2n) is 10.9. The van der Waals surface area contributed by atoms with E-state index in [1.165, 1.54) is 0 Å². The summed E-state index contributed by atoms with van der Waals surface area (Å²) < 4.78 is 13.9. The lowest BCUT2D eigenvalue weighted by molar-refractivity contribution is -0.0852. The lowest BCUT2D eigenvalue weighted by Crippen LogP contribution is -2.33. The van der Waals surface area contributed by atoms with Gasteiger partial charge in [0.15, 0.2) is 11.9 Å². The number of aromatic carboxylic acids is 1. The number of benzene rings is 6. The third kappa shape index (κ3) is 5.01. The summed E-state index contributed by atoms with van der Waals surface area (Å²) in [6.07, 6.45) is -1.49. The van der Waals surface area contributed by atoms with E-state index in [-0.39, 0.29) is 5.56 Å². The van der Waals surface area contributed by atoms with Gasteiger partial charge >= 0.3 is 5.97 Å². The zero-order valence-corrected chi connectivity index (χ0v) is 23.9. The topological polar surface area (TPSA) is 55.8 Å². The summed E-state index contributed by atoms with van der Waals surface area (Å²) in [7, 11) is 0. The molecular formula is C40H30O4. The smallest absolute Gasteiger partial charge is 0.336 e. The molecule has 0 aromatic heterocycles. The largest absolute Gasteiger partial charge is 0.478 e. The molecule has 0 radical (unpaired) electrons. The van der Waals surface area contributed by atoms with Gasteiger partial charge in [-0.25, -0.2) is 4.79 Å². The average Bonchev–Trinajstić information content (AvgIpc) is 3.51. The van der Waals surface area contributed by atoms with Crippen molar-refractivity contribution in [3.8, 4) is 22.3 Å². The highest BCUT2D eigenvalue weighted by atomic mass is 16.7. The molecule has 1 N–H and O–H groups in total. The second-order valence-corrected chi connectivity index (χ2v) is 10.9. The SMILES string of the molecule is O=C(O)c1ccccc1C1O[C@@H](c2ccccc2)C(c2ccc(-c3ccccc3)cc2)(c2ccc(-c3ccccc3)cc2)O1. The van der Waals surface area contributed by atoms with Crippen LogP contribution in [-0.4, -0.2) is 11.1 Å². The summed E-state index contributed by atoms with van der Waals surface area (Å²) in [5.41, 5.74) is 6.72. The van der Waals surface area contributed by atoms with Crippen LogP contribution in [0.15, 0.2) is 164 Å². The molecule has 1 saturated heterocycles. The number of carboxylic acids is 1. The van der Waals surface area contributed by atoms with Gasteiger partial charge in [-0.2, -0.15) is 0 Å². The molecule has 6 aromatic carbocycles. The monoisotopic (exact) mass is 574 g/mol. The molecule has 0 amide bonds. The fourth-order valence-corrected chi connectivity index (χ4v) is 6.14. The Morgan fingerprint density at radius 2 is 0.955 bits per heavy atom. The molecule has 0 bridgehead atoms. The van der Waals surface area contributed by atoms with Gasteiger partial charge in [0.05, 0.1) is 5.56 Å². The van der Waals surface area contributed by atoms with E-state index in [1.54, 1.807) is 18.2 Å². The van der Waals surface area contributed by atoms with Gasteiger partial charge < -0.3 is 14.6 Å². The molecule has 2 atom stereocenters. The van der Waals surface area contributed by atoms with Crippen molar-refractivity contribution in [2.24, 2.45) is 0 Å². The number of hydrogen-bond acceptors (Lipinski definition) is 3. The van der Waals surface area contributed by atoms with Crippen LogP contribution in [0.2, 0.25) is 0 Å². The molecule has 214 valence electrons. The van der Waals surface area contributed by atoms with Crippen molar-refractivity contribution in [2.45, 2.75) is 18.0 Å². The molecule has 4 heteroatoms. The van der Waals surface area contributed by atoms with E-state index in [9.17, 15) is 9.90 Å². The molecule has 6 aromatic rings. The fourth-order valence-electron chi connectivity index (χ4n) is 6.14. The normalized spacial score (nSPS) is 17.3. The van der Waals surface area contributed by atoms with E-state index in [0.717, 1.165) is 38.9 Å². The molecule has 4 nitrogen and oxygen atoms in total. The van der Waals surface area contributed by atoms with Gasteiger partial charge in [0.1, 0.15) is 6.10 Å².